The molecule has 0 amide bonds. The Morgan fingerprint density at radius 3 is 2.75 bits per heavy atom. The molecule has 0 aliphatic carbocycles. The molecule has 94 valence electrons. The molecule has 6 heteroatoms. The lowest BCUT2D eigenvalue weighted by molar-refractivity contribution is -0.110. The summed E-state index contributed by atoms with van der Waals surface area (Å²) >= 11 is 0. The van der Waals surface area contributed by atoms with Gasteiger partial charge in [0.15, 0.2) is 0 Å². The molecule has 1 aliphatic rings. The summed E-state index contributed by atoms with van der Waals surface area (Å²) in [7, 11) is 0. The molecule has 0 aromatic carbocycles. The quantitative estimate of drug-likeness (QED) is 0.525. The summed E-state index contributed by atoms with van der Waals surface area (Å²) < 4.78 is 40.3. The van der Waals surface area contributed by atoms with Crippen molar-refractivity contribution in [2.45, 2.75) is 32.3 Å². The molecule has 0 aromatic rings. The first-order valence-corrected chi connectivity index (χ1v) is 5.21. The normalized spacial score (nSPS) is 21.1. The first-order valence-electron chi connectivity index (χ1n) is 5.21. The van der Waals surface area contributed by atoms with Gasteiger partial charge in [0.05, 0.1) is 6.61 Å². The van der Waals surface area contributed by atoms with E-state index in [-0.39, 0.29) is 19.3 Å². The lowest BCUT2D eigenvalue weighted by atomic mass is 10.1. The van der Waals surface area contributed by atoms with Crippen molar-refractivity contribution in [3.05, 3.63) is 0 Å². The maximum Gasteiger partial charge on any atom is 0.508 e. The molecule has 1 aliphatic heterocycles. The van der Waals surface area contributed by atoms with E-state index in [0.717, 1.165) is 0 Å². The average Bonchev–Trinajstić information content (AvgIpc) is 2.59. The molecule has 0 saturated carbocycles. The largest absolute Gasteiger partial charge is 0.508 e. The van der Waals surface area contributed by atoms with Gasteiger partial charge in [0.25, 0.3) is 5.92 Å². The van der Waals surface area contributed by atoms with Crippen LogP contribution in [0.15, 0.2) is 0 Å². The number of rotatable bonds is 6. The summed E-state index contributed by atoms with van der Waals surface area (Å²) in [6.07, 6.45) is -0.711. The van der Waals surface area contributed by atoms with Gasteiger partial charge in [-0.2, -0.15) is 0 Å². The van der Waals surface area contributed by atoms with Crippen LogP contribution in [0.5, 0.6) is 0 Å². The molecular weight excluding hydrogens is 222 g/mol. The van der Waals surface area contributed by atoms with Crippen LogP contribution in [0.4, 0.5) is 13.6 Å². The molecule has 16 heavy (non-hydrogen) atoms. The number of cyclic esters (lactones) is 2. The van der Waals surface area contributed by atoms with Gasteiger partial charge in [0, 0.05) is 12.3 Å². The lowest BCUT2D eigenvalue weighted by Gasteiger charge is -2.20. The third kappa shape index (κ3) is 3.92. The molecule has 1 rings (SSSR count). The SMILES string of the molecule is CC(C)C(F)(F)COCCC1COC(=O)O1. The molecule has 0 spiro atoms. The summed E-state index contributed by atoms with van der Waals surface area (Å²) in [4.78, 5) is 10.5. The van der Waals surface area contributed by atoms with Crippen LogP contribution in [-0.4, -0.2) is 38.0 Å². The van der Waals surface area contributed by atoms with Crippen LogP contribution in [-0.2, 0) is 14.2 Å². The van der Waals surface area contributed by atoms with E-state index in [1.54, 1.807) is 0 Å². The molecule has 1 saturated heterocycles. The highest BCUT2D eigenvalue weighted by Gasteiger charge is 2.33. The van der Waals surface area contributed by atoms with Crippen LogP contribution in [0, 0.1) is 5.92 Å². The maximum absolute atomic E-state index is 13.1. The third-order valence-corrected chi connectivity index (χ3v) is 2.37. The summed E-state index contributed by atoms with van der Waals surface area (Å²) in [5.74, 6) is -3.57. The fraction of sp³-hybridized carbons (Fsp3) is 0.900. The minimum atomic E-state index is -2.82. The predicted molar refractivity (Wildman–Crippen MR) is 51.4 cm³/mol. The Morgan fingerprint density at radius 2 is 2.25 bits per heavy atom. The van der Waals surface area contributed by atoms with Crippen molar-refractivity contribution in [2.75, 3.05) is 19.8 Å². The Bertz CT molecular complexity index is 243. The van der Waals surface area contributed by atoms with E-state index in [1.807, 2.05) is 0 Å². The van der Waals surface area contributed by atoms with Crippen LogP contribution in [0.25, 0.3) is 0 Å². The van der Waals surface area contributed by atoms with E-state index in [4.69, 9.17) is 9.47 Å². The van der Waals surface area contributed by atoms with E-state index in [2.05, 4.69) is 4.74 Å². The second kappa shape index (κ2) is 5.43. The van der Waals surface area contributed by atoms with Crippen LogP contribution in [0.1, 0.15) is 20.3 Å². The Hall–Kier alpha value is -0.910. The van der Waals surface area contributed by atoms with Gasteiger partial charge in [-0.3, -0.25) is 0 Å². The number of hydrogen-bond acceptors (Lipinski definition) is 4. The molecular formula is C10H16F2O4. The Labute approximate surface area is 92.9 Å². The number of halogens is 2. The minimum Gasteiger partial charge on any atom is -0.430 e. The second-order valence-electron chi connectivity index (χ2n) is 4.06. The van der Waals surface area contributed by atoms with E-state index < -0.39 is 24.6 Å². The van der Waals surface area contributed by atoms with Crippen molar-refractivity contribution < 1.29 is 27.8 Å². The summed E-state index contributed by atoms with van der Waals surface area (Å²) in [5.41, 5.74) is 0. The number of hydrogen-bond donors (Lipinski definition) is 0. The zero-order chi connectivity index (χ0) is 12.2. The zero-order valence-corrected chi connectivity index (χ0v) is 9.37. The summed E-state index contributed by atoms with van der Waals surface area (Å²) in [6, 6.07) is 0. The van der Waals surface area contributed by atoms with Crippen molar-refractivity contribution in [3.8, 4) is 0 Å². The molecule has 0 aromatic heterocycles. The molecule has 1 unspecified atom stereocenters. The smallest absolute Gasteiger partial charge is 0.430 e. The first kappa shape index (κ1) is 13.2. The molecule has 1 heterocycles. The van der Waals surface area contributed by atoms with Gasteiger partial charge in [0.2, 0.25) is 0 Å². The second-order valence-corrected chi connectivity index (χ2v) is 4.06. The Morgan fingerprint density at radius 1 is 1.56 bits per heavy atom. The molecule has 1 atom stereocenters. The van der Waals surface area contributed by atoms with Gasteiger partial charge in [0.1, 0.15) is 19.3 Å². The van der Waals surface area contributed by atoms with Gasteiger partial charge < -0.3 is 14.2 Å². The highest BCUT2D eigenvalue weighted by molar-refractivity contribution is 5.61. The standard InChI is InChI=1S/C10H16F2O4/c1-7(2)10(11,12)6-14-4-3-8-5-15-9(13)16-8/h7-8H,3-6H2,1-2H3. The molecule has 0 N–H and O–H groups in total. The lowest BCUT2D eigenvalue weighted by Crippen LogP contribution is -2.30. The van der Waals surface area contributed by atoms with Crippen molar-refractivity contribution in [1.82, 2.24) is 0 Å². The van der Waals surface area contributed by atoms with Crippen LogP contribution < -0.4 is 0 Å². The number of ether oxygens (including phenoxy) is 3. The van der Waals surface area contributed by atoms with Crippen molar-refractivity contribution in [3.63, 3.8) is 0 Å². The predicted octanol–water partition coefficient (Wildman–Crippen LogP) is 2.22. The van der Waals surface area contributed by atoms with Gasteiger partial charge in [-0.05, 0) is 0 Å². The topological polar surface area (TPSA) is 44.8 Å². The molecule has 1 fully saturated rings. The number of carbonyl (C=O) groups excluding carboxylic acids is 1. The van der Waals surface area contributed by atoms with Crippen LogP contribution >= 0.6 is 0 Å². The van der Waals surface area contributed by atoms with Crippen molar-refractivity contribution in [2.24, 2.45) is 5.92 Å². The maximum atomic E-state index is 13.1. The summed E-state index contributed by atoms with van der Waals surface area (Å²) in [5, 5.41) is 0. The summed E-state index contributed by atoms with van der Waals surface area (Å²) in [6.45, 7) is 2.57. The van der Waals surface area contributed by atoms with E-state index >= 15 is 0 Å². The number of alkyl halides is 2. The Kier molecular flexibility index (Phi) is 4.46. The van der Waals surface area contributed by atoms with Crippen LogP contribution in [0.2, 0.25) is 0 Å². The van der Waals surface area contributed by atoms with Gasteiger partial charge in [-0.25, -0.2) is 13.6 Å². The van der Waals surface area contributed by atoms with Crippen molar-refractivity contribution in [1.29, 1.82) is 0 Å². The van der Waals surface area contributed by atoms with Gasteiger partial charge in [-0.1, -0.05) is 13.8 Å². The highest BCUT2D eigenvalue weighted by atomic mass is 19.3. The van der Waals surface area contributed by atoms with E-state index in [0.29, 0.717) is 6.42 Å². The van der Waals surface area contributed by atoms with Gasteiger partial charge >= 0.3 is 6.16 Å². The molecule has 4 nitrogen and oxygen atoms in total. The minimum absolute atomic E-state index is 0.129. The molecule has 0 bridgehead atoms. The Balaban J connectivity index is 2.10. The highest BCUT2D eigenvalue weighted by Crippen LogP contribution is 2.24. The molecule has 0 radical (unpaired) electrons. The third-order valence-electron chi connectivity index (χ3n) is 2.37. The van der Waals surface area contributed by atoms with E-state index in [1.165, 1.54) is 13.8 Å². The fourth-order valence-corrected chi connectivity index (χ4v) is 1.10. The number of carbonyl (C=O) groups is 1. The van der Waals surface area contributed by atoms with Crippen LogP contribution in [0.3, 0.4) is 0 Å². The zero-order valence-electron chi connectivity index (χ0n) is 9.37. The van der Waals surface area contributed by atoms with E-state index in [9.17, 15) is 13.6 Å². The van der Waals surface area contributed by atoms with Crippen molar-refractivity contribution >= 4 is 6.16 Å². The fourth-order valence-electron chi connectivity index (χ4n) is 1.10. The van der Waals surface area contributed by atoms with Gasteiger partial charge in [-0.15, -0.1) is 0 Å². The average molecular weight is 238 g/mol. The first-order chi connectivity index (χ1) is 7.42. The monoisotopic (exact) mass is 238 g/mol.